The van der Waals surface area contributed by atoms with E-state index in [-0.39, 0.29) is 0 Å². The van der Waals surface area contributed by atoms with Gasteiger partial charge in [0.1, 0.15) is 5.82 Å². The van der Waals surface area contributed by atoms with Crippen LogP contribution in [-0.4, -0.2) is 16.0 Å². The molecule has 1 fully saturated rings. The second-order valence-corrected chi connectivity index (χ2v) is 5.58. The second-order valence-electron chi connectivity index (χ2n) is 5.14. The second kappa shape index (κ2) is 3.84. The Balaban J connectivity index is 1.63. The molecule has 1 heterocycles. The number of hydrogen-bond acceptors (Lipinski definition) is 2. The fourth-order valence-electron chi connectivity index (χ4n) is 2.56. The van der Waals surface area contributed by atoms with Crippen LogP contribution in [0.3, 0.4) is 0 Å². The number of benzene rings is 1. The molecule has 0 atom stereocenters. The van der Waals surface area contributed by atoms with E-state index in [9.17, 15) is 0 Å². The Morgan fingerprint density at radius 3 is 3.11 bits per heavy atom. The zero-order valence-electron chi connectivity index (χ0n) is 9.96. The van der Waals surface area contributed by atoms with Crippen LogP contribution >= 0.6 is 11.6 Å². The van der Waals surface area contributed by atoms with Gasteiger partial charge in [-0.1, -0.05) is 17.7 Å². The number of nitrogens with zero attached hydrogens (tertiary/aromatic N) is 1. The number of hydrogen-bond donors (Lipinski definition) is 2. The third-order valence-corrected chi connectivity index (χ3v) is 3.89. The number of halogens is 1. The van der Waals surface area contributed by atoms with Gasteiger partial charge >= 0.3 is 0 Å². The maximum atomic E-state index is 6.02. The number of aromatic amines is 1. The quantitative estimate of drug-likeness (QED) is 0.759. The lowest BCUT2D eigenvalue weighted by Gasteiger charge is -2.01. The molecule has 2 aliphatic carbocycles. The van der Waals surface area contributed by atoms with Crippen LogP contribution in [0.5, 0.6) is 0 Å². The van der Waals surface area contributed by atoms with E-state index in [1.165, 1.54) is 29.7 Å². The average molecular weight is 260 g/mol. The van der Waals surface area contributed by atoms with Crippen molar-refractivity contribution in [2.24, 2.45) is 0 Å². The molecular weight excluding hydrogens is 246 g/mol. The van der Waals surface area contributed by atoms with E-state index < -0.39 is 0 Å². The maximum Gasteiger partial charge on any atom is 0.121 e. The Hall–Kier alpha value is -1.32. The summed E-state index contributed by atoms with van der Waals surface area (Å²) in [6.07, 6.45) is 3.53. The van der Waals surface area contributed by atoms with Crippen molar-refractivity contribution >= 4 is 11.6 Å². The summed E-state index contributed by atoms with van der Waals surface area (Å²) in [4.78, 5) is 8.13. The van der Waals surface area contributed by atoms with Gasteiger partial charge in [-0.3, -0.25) is 0 Å². The molecule has 0 radical (unpaired) electrons. The lowest BCUT2D eigenvalue weighted by Crippen LogP contribution is -2.16. The Bertz CT molecular complexity index is 613. The molecule has 2 aromatic rings. The molecule has 1 aromatic heterocycles. The normalized spacial score (nSPS) is 16.7. The van der Waals surface area contributed by atoms with Crippen LogP contribution in [0.4, 0.5) is 0 Å². The standard InChI is InChI=1S/C14H14ClN3/c15-9-1-4-11-8(5-9)6-12-14(11)18-13(17-12)7-16-10-2-3-10/h1,4-5,10,16H,2-3,6-7H2,(H,17,18). The zero-order chi connectivity index (χ0) is 12.1. The summed E-state index contributed by atoms with van der Waals surface area (Å²) < 4.78 is 0. The average Bonchev–Trinajstić information content (AvgIpc) is 3.00. The summed E-state index contributed by atoms with van der Waals surface area (Å²) in [6.45, 7) is 0.848. The van der Waals surface area contributed by atoms with Gasteiger partial charge in [-0.15, -0.1) is 0 Å². The monoisotopic (exact) mass is 259 g/mol. The fraction of sp³-hybridized carbons (Fsp3) is 0.357. The first-order valence-corrected chi connectivity index (χ1v) is 6.77. The molecule has 18 heavy (non-hydrogen) atoms. The van der Waals surface area contributed by atoms with Crippen molar-refractivity contribution in [2.75, 3.05) is 0 Å². The fourth-order valence-corrected chi connectivity index (χ4v) is 2.75. The molecule has 0 aliphatic heterocycles. The van der Waals surface area contributed by atoms with Gasteiger partial charge in [0, 0.05) is 28.7 Å². The molecule has 2 aliphatic rings. The molecule has 0 amide bonds. The molecule has 3 nitrogen and oxygen atoms in total. The van der Waals surface area contributed by atoms with E-state index in [1.54, 1.807) is 0 Å². The number of fused-ring (bicyclic) bond motifs is 3. The van der Waals surface area contributed by atoms with Crippen LogP contribution in [0.15, 0.2) is 18.2 Å². The first-order valence-electron chi connectivity index (χ1n) is 6.39. The largest absolute Gasteiger partial charge is 0.344 e. The highest BCUT2D eigenvalue weighted by Crippen LogP contribution is 2.36. The van der Waals surface area contributed by atoms with Gasteiger partial charge in [0.15, 0.2) is 0 Å². The van der Waals surface area contributed by atoms with Crippen molar-refractivity contribution in [3.63, 3.8) is 0 Å². The minimum Gasteiger partial charge on any atom is -0.344 e. The van der Waals surface area contributed by atoms with Crippen molar-refractivity contribution < 1.29 is 0 Å². The number of imidazole rings is 1. The Kier molecular flexibility index (Phi) is 2.26. The van der Waals surface area contributed by atoms with E-state index in [0.29, 0.717) is 0 Å². The molecule has 0 bridgehead atoms. The Labute approximate surface area is 111 Å². The molecule has 0 spiro atoms. The smallest absolute Gasteiger partial charge is 0.121 e. The summed E-state index contributed by atoms with van der Waals surface area (Å²) in [5.74, 6) is 1.05. The van der Waals surface area contributed by atoms with E-state index in [4.69, 9.17) is 16.6 Å². The van der Waals surface area contributed by atoms with Gasteiger partial charge in [0.05, 0.1) is 12.2 Å². The van der Waals surface area contributed by atoms with Gasteiger partial charge in [0.2, 0.25) is 0 Å². The summed E-state index contributed by atoms with van der Waals surface area (Å²) in [6, 6.07) is 6.76. The molecular formula is C14H14ClN3. The summed E-state index contributed by atoms with van der Waals surface area (Å²) >= 11 is 6.02. The predicted octanol–water partition coefficient (Wildman–Crippen LogP) is 2.89. The first kappa shape index (κ1) is 10.6. The lowest BCUT2D eigenvalue weighted by molar-refractivity contribution is 0.663. The van der Waals surface area contributed by atoms with Gasteiger partial charge in [0.25, 0.3) is 0 Å². The van der Waals surface area contributed by atoms with Crippen molar-refractivity contribution in [3.05, 3.63) is 40.3 Å². The number of aromatic nitrogens is 2. The number of H-pyrrole nitrogens is 1. The predicted molar refractivity (Wildman–Crippen MR) is 71.7 cm³/mol. The maximum absolute atomic E-state index is 6.02. The highest BCUT2D eigenvalue weighted by Gasteiger charge is 2.24. The molecule has 1 aromatic carbocycles. The van der Waals surface area contributed by atoms with Gasteiger partial charge < -0.3 is 10.3 Å². The van der Waals surface area contributed by atoms with Crippen LogP contribution in [0.2, 0.25) is 5.02 Å². The summed E-state index contributed by atoms with van der Waals surface area (Å²) in [5, 5.41) is 4.28. The number of rotatable bonds is 3. The van der Waals surface area contributed by atoms with E-state index in [1.807, 2.05) is 12.1 Å². The van der Waals surface area contributed by atoms with E-state index >= 15 is 0 Å². The molecule has 1 saturated carbocycles. The van der Waals surface area contributed by atoms with Crippen LogP contribution in [-0.2, 0) is 13.0 Å². The van der Waals surface area contributed by atoms with E-state index in [0.717, 1.165) is 35.5 Å². The number of nitrogens with one attached hydrogen (secondary N) is 2. The highest BCUT2D eigenvalue weighted by molar-refractivity contribution is 6.30. The molecule has 0 unspecified atom stereocenters. The molecule has 4 heteroatoms. The molecule has 4 rings (SSSR count). The van der Waals surface area contributed by atoms with Crippen molar-refractivity contribution in [1.82, 2.24) is 15.3 Å². The van der Waals surface area contributed by atoms with Crippen molar-refractivity contribution in [1.29, 1.82) is 0 Å². The lowest BCUT2D eigenvalue weighted by atomic mass is 10.1. The minimum atomic E-state index is 0.719. The van der Waals surface area contributed by atoms with Crippen LogP contribution in [0.25, 0.3) is 11.3 Å². The summed E-state index contributed by atoms with van der Waals surface area (Å²) in [5.41, 5.74) is 4.83. The van der Waals surface area contributed by atoms with E-state index in [2.05, 4.69) is 16.4 Å². The topological polar surface area (TPSA) is 40.7 Å². The van der Waals surface area contributed by atoms with Gasteiger partial charge in [-0.05, 0) is 30.5 Å². The third-order valence-electron chi connectivity index (χ3n) is 3.65. The van der Waals surface area contributed by atoms with Gasteiger partial charge in [-0.25, -0.2) is 4.98 Å². The zero-order valence-corrected chi connectivity index (χ0v) is 10.7. The van der Waals surface area contributed by atoms with Gasteiger partial charge in [-0.2, -0.15) is 0 Å². The van der Waals surface area contributed by atoms with Crippen LogP contribution < -0.4 is 5.32 Å². The molecule has 2 N–H and O–H groups in total. The Morgan fingerprint density at radius 2 is 2.28 bits per heavy atom. The Morgan fingerprint density at radius 1 is 1.39 bits per heavy atom. The third kappa shape index (κ3) is 1.74. The van der Waals surface area contributed by atoms with Crippen molar-refractivity contribution in [2.45, 2.75) is 31.8 Å². The van der Waals surface area contributed by atoms with Crippen molar-refractivity contribution in [3.8, 4) is 11.3 Å². The first-order chi connectivity index (χ1) is 8.79. The van der Waals surface area contributed by atoms with Crippen LogP contribution in [0, 0.1) is 0 Å². The SMILES string of the molecule is Clc1ccc2c(c1)Cc1[nH]c(CNC3CC3)nc1-2. The minimum absolute atomic E-state index is 0.719. The van der Waals surface area contributed by atoms with Crippen LogP contribution in [0.1, 0.15) is 29.9 Å². The highest BCUT2D eigenvalue weighted by atomic mass is 35.5. The molecule has 0 saturated heterocycles. The molecule has 92 valence electrons. The summed E-state index contributed by atoms with van der Waals surface area (Å²) in [7, 11) is 0.